The van der Waals surface area contributed by atoms with Gasteiger partial charge in [0.15, 0.2) is 5.82 Å². The Morgan fingerprint density at radius 3 is 2.76 bits per heavy atom. The number of unbranched alkanes of at least 4 members (excludes halogenated alkanes) is 1. The van der Waals surface area contributed by atoms with Gasteiger partial charge in [0.05, 0.1) is 10.8 Å². The minimum atomic E-state index is -3.41. The largest absolute Gasteiger partial charge is 0.338 e. The first kappa shape index (κ1) is 18.3. The molecule has 25 heavy (non-hydrogen) atoms. The van der Waals surface area contributed by atoms with E-state index >= 15 is 0 Å². The number of hydrogen-bond donors (Lipinski definition) is 0. The smallest absolute Gasteiger partial charge is 0.244 e. The van der Waals surface area contributed by atoms with Crippen molar-refractivity contribution in [3.8, 4) is 0 Å². The van der Waals surface area contributed by atoms with Crippen molar-refractivity contribution in [3.05, 3.63) is 30.0 Å². The van der Waals surface area contributed by atoms with E-state index in [1.165, 1.54) is 22.3 Å². The Balaban J connectivity index is 1.58. The van der Waals surface area contributed by atoms with E-state index in [1.54, 1.807) is 12.1 Å². The quantitative estimate of drug-likeness (QED) is 0.649. The summed E-state index contributed by atoms with van der Waals surface area (Å²) in [6.07, 6.45) is 6.23. The fourth-order valence-electron chi connectivity index (χ4n) is 2.60. The van der Waals surface area contributed by atoms with Crippen molar-refractivity contribution in [2.24, 2.45) is 0 Å². The van der Waals surface area contributed by atoms with Crippen LogP contribution in [0.15, 0.2) is 32.8 Å². The van der Waals surface area contributed by atoms with Gasteiger partial charge < -0.3 is 4.52 Å². The molecule has 1 saturated heterocycles. The molecule has 0 amide bonds. The molecule has 0 N–H and O–H groups in total. The Kier molecular flexibility index (Phi) is 6.08. The summed E-state index contributed by atoms with van der Waals surface area (Å²) in [7, 11) is -3.41. The molecular weight excluding hydrogens is 360 g/mol. The number of sulfonamides is 1. The summed E-state index contributed by atoms with van der Waals surface area (Å²) >= 11 is 1.45. The molecule has 0 atom stereocenters. The second-order valence-electron chi connectivity index (χ2n) is 5.94. The van der Waals surface area contributed by atoms with Crippen molar-refractivity contribution < 1.29 is 12.9 Å². The molecule has 0 radical (unpaired) electrons. The minimum absolute atomic E-state index is 0.249. The Bertz CT molecular complexity index is 784. The SMILES string of the molecule is CCCCc1noc(CSc2ccc(S(=O)(=O)N3CCCC3)cn2)n1. The Morgan fingerprint density at radius 1 is 1.28 bits per heavy atom. The predicted molar refractivity (Wildman–Crippen MR) is 94.7 cm³/mol. The highest BCUT2D eigenvalue weighted by Gasteiger charge is 2.27. The van der Waals surface area contributed by atoms with Gasteiger partial charge in [0.2, 0.25) is 15.9 Å². The molecule has 7 nitrogen and oxygen atoms in total. The first-order valence-electron chi connectivity index (χ1n) is 8.50. The molecule has 0 saturated carbocycles. The molecule has 9 heteroatoms. The van der Waals surface area contributed by atoms with Crippen LogP contribution in [0.25, 0.3) is 0 Å². The Labute approximate surface area is 152 Å². The summed E-state index contributed by atoms with van der Waals surface area (Å²) in [6, 6.07) is 3.34. The van der Waals surface area contributed by atoms with Gasteiger partial charge >= 0.3 is 0 Å². The number of thioether (sulfide) groups is 1. The second kappa shape index (κ2) is 8.29. The number of pyridine rings is 1. The van der Waals surface area contributed by atoms with Crippen molar-refractivity contribution in [2.45, 2.75) is 54.7 Å². The van der Waals surface area contributed by atoms with E-state index in [1.807, 2.05) is 0 Å². The van der Waals surface area contributed by atoms with Gasteiger partial charge in [0.25, 0.3) is 0 Å². The highest BCUT2D eigenvalue weighted by atomic mass is 32.2. The zero-order valence-electron chi connectivity index (χ0n) is 14.2. The predicted octanol–water partition coefficient (Wildman–Crippen LogP) is 2.88. The normalized spacial score (nSPS) is 15.7. The van der Waals surface area contributed by atoms with Gasteiger partial charge in [-0.3, -0.25) is 0 Å². The van der Waals surface area contributed by atoms with Crippen LogP contribution in [0.1, 0.15) is 44.3 Å². The third-order valence-corrected chi connectivity index (χ3v) is 6.83. The van der Waals surface area contributed by atoms with E-state index in [-0.39, 0.29) is 4.90 Å². The molecule has 0 spiro atoms. The van der Waals surface area contributed by atoms with Crippen LogP contribution in [0.2, 0.25) is 0 Å². The number of rotatable bonds is 8. The summed E-state index contributed by atoms with van der Waals surface area (Å²) in [5, 5.41) is 4.68. The highest BCUT2D eigenvalue weighted by Crippen LogP contribution is 2.24. The maximum atomic E-state index is 12.5. The molecule has 0 aromatic carbocycles. The Hall–Kier alpha value is -1.45. The van der Waals surface area contributed by atoms with Crippen LogP contribution < -0.4 is 0 Å². The minimum Gasteiger partial charge on any atom is -0.338 e. The van der Waals surface area contributed by atoms with Gasteiger partial charge in [0.1, 0.15) is 4.90 Å². The van der Waals surface area contributed by atoms with E-state index < -0.39 is 10.0 Å². The van der Waals surface area contributed by atoms with Gasteiger partial charge in [-0.25, -0.2) is 13.4 Å². The lowest BCUT2D eigenvalue weighted by atomic mass is 10.2. The summed E-state index contributed by atoms with van der Waals surface area (Å²) in [6.45, 7) is 3.31. The van der Waals surface area contributed by atoms with Crippen molar-refractivity contribution in [1.29, 1.82) is 0 Å². The number of nitrogens with zero attached hydrogens (tertiary/aromatic N) is 4. The van der Waals surface area contributed by atoms with E-state index in [4.69, 9.17) is 4.52 Å². The molecule has 1 aliphatic rings. The lowest BCUT2D eigenvalue weighted by molar-refractivity contribution is 0.384. The summed E-state index contributed by atoms with van der Waals surface area (Å²) in [4.78, 5) is 8.85. The first-order valence-corrected chi connectivity index (χ1v) is 10.9. The Morgan fingerprint density at radius 2 is 2.08 bits per heavy atom. The summed E-state index contributed by atoms with van der Waals surface area (Å²) < 4.78 is 31.7. The molecule has 1 aliphatic heterocycles. The maximum absolute atomic E-state index is 12.5. The zero-order chi connectivity index (χ0) is 17.7. The molecule has 2 aromatic heterocycles. The van der Waals surface area contributed by atoms with E-state index in [9.17, 15) is 8.42 Å². The topological polar surface area (TPSA) is 89.2 Å². The van der Waals surface area contributed by atoms with Crippen LogP contribution in [-0.2, 0) is 22.2 Å². The lowest BCUT2D eigenvalue weighted by Gasteiger charge is -2.15. The molecule has 3 heterocycles. The number of hydrogen-bond acceptors (Lipinski definition) is 7. The van der Waals surface area contributed by atoms with Crippen LogP contribution in [0.5, 0.6) is 0 Å². The highest BCUT2D eigenvalue weighted by molar-refractivity contribution is 7.98. The van der Waals surface area contributed by atoms with Crippen LogP contribution in [0.3, 0.4) is 0 Å². The molecule has 1 fully saturated rings. The molecule has 0 unspecified atom stereocenters. The van der Waals surface area contributed by atoms with Gasteiger partial charge in [-0.2, -0.15) is 9.29 Å². The maximum Gasteiger partial charge on any atom is 0.244 e. The van der Waals surface area contributed by atoms with Crippen molar-refractivity contribution in [1.82, 2.24) is 19.4 Å². The van der Waals surface area contributed by atoms with Crippen molar-refractivity contribution in [3.63, 3.8) is 0 Å². The monoisotopic (exact) mass is 382 g/mol. The van der Waals surface area contributed by atoms with Gasteiger partial charge in [-0.05, 0) is 31.4 Å². The lowest BCUT2D eigenvalue weighted by Crippen LogP contribution is -2.27. The van der Waals surface area contributed by atoms with Gasteiger partial charge in [-0.1, -0.05) is 30.3 Å². The average molecular weight is 383 g/mol. The second-order valence-corrected chi connectivity index (χ2v) is 8.87. The molecule has 0 aliphatic carbocycles. The number of aryl methyl sites for hydroxylation is 1. The third-order valence-electron chi connectivity index (χ3n) is 4.02. The molecule has 136 valence electrons. The molecule has 2 aromatic rings. The van der Waals surface area contributed by atoms with E-state index in [0.717, 1.165) is 43.0 Å². The summed E-state index contributed by atoms with van der Waals surface area (Å²) in [5.74, 6) is 1.81. The summed E-state index contributed by atoms with van der Waals surface area (Å²) in [5.41, 5.74) is 0. The van der Waals surface area contributed by atoms with Gasteiger partial charge in [0, 0.05) is 25.7 Å². The van der Waals surface area contributed by atoms with Gasteiger partial charge in [-0.15, -0.1) is 0 Å². The first-order chi connectivity index (χ1) is 12.1. The molecule has 0 bridgehead atoms. The number of aromatic nitrogens is 3. The molecule has 3 rings (SSSR count). The zero-order valence-corrected chi connectivity index (χ0v) is 15.9. The fourth-order valence-corrected chi connectivity index (χ4v) is 4.75. The van der Waals surface area contributed by atoms with E-state index in [0.29, 0.717) is 24.7 Å². The van der Waals surface area contributed by atoms with E-state index in [2.05, 4.69) is 22.0 Å². The van der Waals surface area contributed by atoms with Crippen molar-refractivity contribution in [2.75, 3.05) is 13.1 Å². The van der Waals surface area contributed by atoms with Crippen molar-refractivity contribution >= 4 is 21.8 Å². The average Bonchev–Trinajstić information content (AvgIpc) is 3.30. The van der Waals surface area contributed by atoms with Crippen LogP contribution in [0, 0.1) is 0 Å². The standard InChI is InChI=1S/C16H22N4O3S2/c1-2-3-6-14-18-15(23-19-14)12-24-16-8-7-13(11-17-16)25(21,22)20-9-4-5-10-20/h7-8,11H,2-6,9-10,12H2,1H3. The third kappa shape index (κ3) is 4.59. The van der Waals surface area contributed by atoms with Crippen LogP contribution >= 0.6 is 11.8 Å². The van der Waals surface area contributed by atoms with Crippen LogP contribution in [0.4, 0.5) is 0 Å². The fraction of sp³-hybridized carbons (Fsp3) is 0.562. The van der Waals surface area contributed by atoms with Crippen LogP contribution in [-0.4, -0.2) is 40.9 Å². The molecular formula is C16H22N4O3S2.